The van der Waals surface area contributed by atoms with E-state index < -0.39 is 0 Å². The number of para-hydroxylation sites is 1. The topological polar surface area (TPSA) is 55.8 Å². The summed E-state index contributed by atoms with van der Waals surface area (Å²) in [5.41, 5.74) is 4.62. The summed E-state index contributed by atoms with van der Waals surface area (Å²) in [5, 5.41) is 12.7. The fraction of sp³-hybridized carbons (Fsp3) is 0.458. The molecule has 154 valence electrons. The first-order valence-electron chi connectivity index (χ1n) is 10.7. The van der Waals surface area contributed by atoms with Crippen molar-refractivity contribution in [3.63, 3.8) is 0 Å². The molecule has 2 fully saturated rings. The Morgan fingerprint density at radius 2 is 1.79 bits per heavy atom. The second-order valence-corrected chi connectivity index (χ2v) is 8.22. The third kappa shape index (κ3) is 4.31. The summed E-state index contributed by atoms with van der Waals surface area (Å²) in [7, 11) is 0. The zero-order chi connectivity index (χ0) is 20.2. The van der Waals surface area contributed by atoms with Gasteiger partial charge in [-0.25, -0.2) is 0 Å². The Bertz CT molecular complexity index is 830. The molecule has 29 heavy (non-hydrogen) atoms. The summed E-state index contributed by atoms with van der Waals surface area (Å²) in [5.74, 6) is 0.380. The molecule has 5 heteroatoms. The zero-order valence-electron chi connectivity index (χ0n) is 17.2. The number of carbonyl (C=O) groups excluding carboxylic acids is 1. The first-order chi connectivity index (χ1) is 14.2. The Kier molecular flexibility index (Phi) is 6.16. The summed E-state index contributed by atoms with van der Waals surface area (Å²) in [4.78, 5) is 17.5. The number of amides is 1. The molecule has 2 aromatic rings. The van der Waals surface area contributed by atoms with Crippen molar-refractivity contribution in [2.45, 2.75) is 25.7 Å². The van der Waals surface area contributed by atoms with Gasteiger partial charge in [0.2, 0.25) is 5.91 Å². The first kappa shape index (κ1) is 19.9. The van der Waals surface area contributed by atoms with Gasteiger partial charge < -0.3 is 20.2 Å². The number of carbonyl (C=O) groups is 1. The van der Waals surface area contributed by atoms with Crippen LogP contribution in [0.5, 0.6) is 0 Å². The van der Waals surface area contributed by atoms with Crippen molar-refractivity contribution in [2.24, 2.45) is 5.92 Å². The maximum absolute atomic E-state index is 13.1. The summed E-state index contributed by atoms with van der Waals surface area (Å²) in [6.07, 6.45) is 1.69. The van der Waals surface area contributed by atoms with Gasteiger partial charge in [0.15, 0.2) is 0 Å². The number of nitrogens with zero attached hydrogens (tertiary/aromatic N) is 2. The maximum atomic E-state index is 13.1. The molecule has 0 radical (unpaired) electrons. The lowest BCUT2D eigenvalue weighted by molar-refractivity contribution is -0.120. The molecule has 2 heterocycles. The molecule has 2 aliphatic heterocycles. The van der Waals surface area contributed by atoms with Crippen LogP contribution in [0.25, 0.3) is 0 Å². The zero-order valence-corrected chi connectivity index (χ0v) is 17.2. The van der Waals surface area contributed by atoms with Gasteiger partial charge in [-0.05, 0) is 42.2 Å². The van der Waals surface area contributed by atoms with E-state index in [-0.39, 0.29) is 24.3 Å². The molecule has 0 saturated carbocycles. The summed E-state index contributed by atoms with van der Waals surface area (Å²) in [6.45, 7) is 6.96. The fourth-order valence-electron chi connectivity index (χ4n) is 4.44. The number of hydrogen-bond donors (Lipinski definition) is 2. The van der Waals surface area contributed by atoms with Crippen LogP contribution in [0, 0.1) is 5.92 Å². The van der Waals surface area contributed by atoms with Crippen LogP contribution >= 0.6 is 0 Å². The van der Waals surface area contributed by atoms with Gasteiger partial charge in [-0.3, -0.25) is 4.79 Å². The fourth-order valence-corrected chi connectivity index (χ4v) is 4.44. The van der Waals surface area contributed by atoms with E-state index in [1.54, 1.807) is 0 Å². The number of piperazine rings is 1. The van der Waals surface area contributed by atoms with Gasteiger partial charge in [0.25, 0.3) is 0 Å². The van der Waals surface area contributed by atoms with Crippen LogP contribution in [0.3, 0.4) is 0 Å². The highest BCUT2D eigenvalue weighted by Gasteiger charge is 2.33. The minimum atomic E-state index is 0.0371. The average Bonchev–Trinajstić information content (AvgIpc) is 3.14. The van der Waals surface area contributed by atoms with Crippen molar-refractivity contribution in [3.05, 3.63) is 59.7 Å². The van der Waals surface area contributed by atoms with Crippen molar-refractivity contribution >= 4 is 17.3 Å². The number of aliphatic hydroxyl groups is 1. The number of hydrogen-bond acceptors (Lipinski definition) is 4. The average molecular weight is 394 g/mol. The van der Waals surface area contributed by atoms with E-state index in [0.29, 0.717) is 0 Å². The molecular formula is C24H31N3O2. The summed E-state index contributed by atoms with van der Waals surface area (Å²) in [6, 6.07) is 16.6. The van der Waals surface area contributed by atoms with Gasteiger partial charge >= 0.3 is 0 Å². The molecule has 1 amide bonds. The second-order valence-electron chi connectivity index (χ2n) is 8.22. The lowest BCUT2D eigenvalue weighted by Crippen LogP contribution is -2.44. The summed E-state index contributed by atoms with van der Waals surface area (Å²) < 4.78 is 0. The normalized spacial score (nSPS) is 20.9. The minimum absolute atomic E-state index is 0.0371. The highest BCUT2D eigenvalue weighted by Crippen LogP contribution is 2.31. The van der Waals surface area contributed by atoms with Gasteiger partial charge in [0.05, 0.1) is 0 Å². The monoisotopic (exact) mass is 393 g/mol. The highest BCUT2D eigenvalue weighted by molar-refractivity contribution is 5.97. The van der Waals surface area contributed by atoms with E-state index in [2.05, 4.69) is 34.5 Å². The van der Waals surface area contributed by atoms with E-state index in [1.807, 2.05) is 36.1 Å². The molecule has 2 aromatic carbocycles. The number of benzene rings is 2. The second kappa shape index (κ2) is 8.97. The SMILES string of the molecule is C[C@H](CO)c1ccc(N2CCC(Cc3ccccc3N3CCNCC3)C2=O)cc1. The number of rotatable bonds is 6. The van der Waals surface area contributed by atoms with Crippen molar-refractivity contribution in [1.82, 2.24) is 5.32 Å². The van der Waals surface area contributed by atoms with Crippen LogP contribution in [0.15, 0.2) is 48.5 Å². The maximum Gasteiger partial charge on any atom is 0.230 e. The molecule has 0 bridgehead atoms. The molecule has 0 aliphatic carbocycles. The van der Waals surface area contributed by atoms with Crippen LogP contribution < -0.4 is 15.1 Å². The molecule has 5 nitrogen and oxygen atoms in total. The number of nitrogens with one attached hydrogen (secondary N) is 1. The van der Waals surface area contributed by atoms with Crippen LogP contribution in [0.4, 0.5) is 11.4 Å². The Hall–Kier alpha value is -2.37. The van der Waals surface area contributed by atoms with E-state index in [4.69, 9.17) is 0 Å². The Balaban J connectivity index is 1.46. The molecule has 2 saturated heterocycles. The predicted molar refractivity (Wildman–Crippen MR) is 118 cm³/mol. The third-order valence-electron chi connectivity index (χ3n) is 6.28. The summed E-state index contributed by atoms with van der Waals surface area (Å²) >= 11 is 0. The lowest BCUT2D eigenvalue weighted by atomic mass is 9.96. The Morgan fingerprint density at radius 3 is 2.52 bits per heavy atom. The van der Waals surface area contributed by atoms with Gasteiger partial charge in [-0.2, -0.15) is 0 Å². The van der Waals surface area contributed by atoms with Gasteiger partial charge in [0.1, 0.15) is 0 Å². The molecule has 1 unspecified atom stereocenters. The number of anilines is 2. The van der Waals surface area contributed by atoms with Crippen LogP contribution in [-0.2, 0) is 11.2 Å². The van der Waals surface area contributed by atoms with Crippen molar-refractivity contribution in [3.8, 4) is 0 Å². The lowest BCUT2D eigenvalue weighted by Gasteiger charge is -2.31. The van der Waals surface area contributed by atoms with Crippen LogP contribution in [0.2, 0.25) is 0 Å². The minimum Gasteiger partial charge on any atom is -0.396 e. The van der Waals surface area contributed by atoms with Crippen molar-refractivity contribution < 1.29 is 9.90 Å². The molecule has 0 aromatic heterocycles. The van der Waals surface area contributed by atoms with Crippen LogP contribution in [0.1, 0.15) is 30.4 Å². The third-order valence-corrected chi connectivity index (χ3v) is 6.28. The van der Waals surface area contributed by atoms with Crippen molar-refractivity contribution in [1.29, 1.82) is 0 Å². The first-order valence-corrected chi connectivity index (χ1v) is 10.7. The van der Waals surface area contributed by atoms with E-state index in [1.165, 1.54) is 11.3 Å². The smallest absolute Gasteiger partial charge is 0.230 e. The molecule has 2 N–H and O–H groups in total. The quantitative estimate of drug-likeness (QED) is 0.792. The molecule has 2 atom stereocenters. The molecule has 2 aliphatic rings. The highest BCUT2D eigenvalue weighted by atomic mass is 16.3. The van der Waals surface area contributed by atoms with E-state index in [0.717, 1.165) is 56.8 Å². The van der Waals surface area contributed by atoms with Crippen LogP contribution in [-0.4, -0.2) is 50.3 Å². The van der Waals surface area contributed by atoms with Crippen molar-refractivity contribution in [2.75, 3.05) is 49.1 Å². The van der Waals surface area contributed by atoms with Gasteiger partial charge in [0, 0.05) is 62.5 Å². The standard InChI is InChI=1S/C24H31N3O2/c1-18(17-28)19-6-8-22(9-7-19)27-13-10-21(24(27)29)16-20-4-2-3-5-23(20)26-14-11-25-12-15-26/h2-9,18,21,25,28H,10-17H2,1H3/t18-,21?/m1/s1. The van der Waals surface area contributed by atoms with Gasteiger partial charge in [-0.1, -0.05) is 37.3 Å². The van der Waals surface area contributed by atoms with E-state index in [9.17, 15) is 9.90 Å². The Morgan fingerprint density at radius 1 is 1.07 bits per heavy atom. The van der Waals surface area contributed by atoms with Gasteiger partial charge in [-0.15, -0.1) is 0 Å². The Labute approximate surface area is 173 Å². The molecule has 0 spiro atoms. The molecular weight excluding hydrogens is 362 g/mol. The predicted octanol–water partition coefficient (Wildman–Crippen LogP) is 2.79. The molecule has 4 rings (SSSR count). The largest absolute Gasteiger partial charge is 0.396 e. The number of aliphatic hydroxyl groups excluding tert-OH is 1. The van der Waals surface area contributed by atoms with E-state index >= 15 is 0 Å².